The first kappa shape index (κ1) is 23.5. The van der Waals surface area contributed by atoms with Crippen LogP contribution in [0.1, 0.15) is 57.8 Å². The molecule has 1 fully saturated rings. The molecular formula is C26H30FN3O2S. The highest BCUT2D eigenvalue weighted by Gasteiger charge is 2.16. The van der Waals surface area contributed by atoms with Gasteiger partial charge in [-0.15, -0.1) is 0 Å². The van der Waals surface area contributed by atoms with Crippen LogP contribution < -0.4 is 10.9 Å². The number of thioether (sulfide) groups is 1. The second kappa shape index (κ2) is 11.5. The van der Waals surface area contributed by atoms with Crippen molar-refractivity contribution in [1.82, 2.24) is 14.9 Å². The number of carbonyl (C=O) groups excluding carboxylic acids is 1. The van der Waals surface area contributed by atoms with E-state index in [1.807, 2.05) is 18.2 Å². The second-order valence-corrected chi connectivity index (χ2v) is 9.65. The average molecular weight is 468 g/mol. The fourth-order valence-electron chi connectivity index (χ4n) is 4.30. The third-order valence-corrected chi connectivity index (χ3v) is 7.10. The van der Waals surface area contributed by atoms with Crippen molar-refractivity contribution in [3.8, 4) is 5.69 Å². The Morgan fingerprint density at radius 3 is 2.58 bits per heavy atom. The van der Waals surface area contributed by atoms with Gasteiger partial charge in [0.25, 0.3) is 5.56 Å². The van der Waals surface area contributed by atoms with E-state index < -0.39 is 0 Å². The molecule has 33 heavy (non-hydrogen) atoms. The van der Waals surface area contributed by atoms with E-state index in [1.54, 1.807) is 22.8 Å². The van der Waals surface area contributed by atoms with Gasteiger partial charge in [0.2, 0.25) is 5.91 Å². The number of para-hydroxylation sites is 1. The highest BCUT2D eigenvalue weighted by Crippen LogP contribution is 2.23. The van der Waals surface area contributed by atoms with Crippen molar-refractivity contribution in [2.45, 2.75) is 69.0 Å². The van der Waals surface area contributed by atoms with Gasteiger partial charge in [0.1, 0.15) is 5.82 Å². The van der Waals surface area contributed by atoms with Crippen LogP contribution >= 0.6 is 11.8 Å². The van der Waals surface area contributed by atoms with Gasteiger partial charge in [-0.25, -0.2) is 9.37 Å². The number of halogens is 1. The smallest absolute Gasteiger partial charge is 0.266 e. The van der Waals surface area contributed by atoms with Crippen LogP contribution in [0.15, 0.2) is 58.5 Å². The van der Waals surface area contributed by atoms with Gasteiger partial charge >= 0.3 is 0 Å². The number of nitrogens with one attached hydrogen (secondary N) is 1. The zero-order valence-electron chi connectivity index (χ0n) is 18.8. The minimum atomic E-state index is -0.345. The monoisotopic (exact) mass is 467 g/mol. The summed E-state index contributed by atoms with van der Waals surface area (Å²) in [5, 5.41) is 4.30. The van der Waals surface area contributed by atoms with E-state index >= 15 is 0 Å². The van der Waals surface area contributed by atoms with Gasteiger partial charge in [-0.1, -0.05) is 49.6 Å². The Hall–Kier alpha value is -2.67. The molecule has 3 aromatic rings. The number of benzene rings is 2. The van der Waals surface area contributed by atoms with Crippen molar-refractivity contribution >= 4 is 28.6 Å². The van der Waals surface area contributed by atoms with Crippen LogP contribution in [-0.2, 0) is 4.79 Å². The van der Waals surface area contributed by atoms with E-state index in [0.717, 1.165) is 37.9 Å². The van der Waals surface area contributed by atoms with E-state index in [-0.39, 0.29) is 17.3 Å². The summed E-state index contributed by atoms with van der Waals surface area (Å²) in [6.07, 6.45) is 9.22. The number of hydrogen-bond acceptors (Lipinski definition) is 4. The largest absolute Gasteiger partial charge is 0.353 e. The third-order valence-electron chi connectivity index (χ3n) is 6.08. The fourth-order valence-corrected chi connectivity index (χ4v) is 5.31. The van der Waals surface area contributed by atoms with Crippen molar-refractivity contribution in [1.29, 1.82) is 0 Å². The van der Waals surface area contributed by atoms with E-state index in [0.29, 0.717) is 34.2 Å². The van der Waals surface area contributed by atoms with Gasteiger partial charge in [0.05, 0.1) is 16.6 Å². The molecule has 5 nitrogen and oxygen atoms in total. The second-order valence-electron chi connectivity index (χ2n) is 8.59. The summed E-state index contributed by atoms with van der Waals surface area (Å²) >= 11 is 1.52. The summed E-state index contributed by atoms with van der Waals surface area (Å²) < 4.78 is 15.0. The molecule has 0 radical (unpaired) electrons. The van der Waals surface area contributed by atoms with E-state index in [9.17, 15) is 14.0 Å². The Balaban J connectivity index is 1.35. The van der Waals surface area contributed by atoms with E-state index in [4.69, 9.17) is 4.98 Å². The summed E-state index contributed by atoms with van der Waals surface area (Å²) in [4.78, 5) is 30.1. The number of hydrogen-bond donors (Lipinski definition) is 1. The maximum Gasteiger partial charge on any atom is 0.266 e. The predicted molar refractivity (Wildman–Crippen MR) is 132 cm³/mol. The maximum absolute atomic E-state index is 13.4. The molecule has 1 amide bonds. The zero-order chi connectivity index (χ0) is 23.0. The van der Waals surface area contributed by atoms with Crippen LogP contribution in [0.3, 0.4) is 0 Å². The topological polar surface area (TPSA) is 64.0 Å². The fraction of sp³-hybridized carbons (Fsp3) is 0.423. The Morgan fingerprint density at radius 1 is 1.03 bits per heavy atom. The Kier molecular flexibility index (Phi) is 8.15. The Labute approximate surface area is 197 Å². The molecule has 7 heteroatoms. The molecule has 1 N–H and O–H groups in total. The van der Waals surface area contributed by atoms with Crippen molar-refractivity contribution < 1.29 is 9.18 Å². The number of unbranched alkanes of at least 4 members (excludes halogenated alkanes) is 2. The van der Waals surface area contributed by atoms with E-state index in [2.05, 4.69) is 5.32 Å². The molecule has 4 rings (SSSR count). The Bertz CT molecular complexity index is 1140. The molecule has 1 aromatic heterocycles. The van der Waals surface area contributed by atoms with Gasteiger partial charge in [-0.05, 0) is 62.1 Å². The van der Waals surface area contributed by atoms with Gasteiger partial charge in [0, 0.05) is 18.2 Å². The molecule has 1 saturated carbocycles. The highest BCUT2D eigenvalue weighted by molar-refractivity contribution is 7.99. The molecule has 0 unspecified atom stereocenters. The Morgan fingerprint density at radius 2 is 1.79 bits per heavy atom. The SMILES string of the molecule is O=C(CCCCCSc1nc2ccccc2c(=O)n1-c1ccc(F)cc1)NC1CCCCC1. The first-order valence-electron chi connectivity index (χ1n) is 11.8. The molecule has 0 atom stereocenters. The number of aromatic nitrogens is 2. The van der Waals surface area contributed by atoms with Crippen LogP contribution in [0, 0.1) is 5.82 Å². The van der Waals surface area contributed by atoms with Crippen molar-refractivity contribution in [3.05, 3.63) is 64.7 Å². The van der Waals surface area contributed by atoms with Gasteiger partial charge < -0.3 is 5.32 Å². The predicted octanol–water partition coefficient (Wildman–Crippen LogP) is 5.63. The van der Waals surface area contributed by atoms with Gasteiger partial charge in [0.15, 0.2) is 5.16 Å². The van der Waals surface area contributed by atoms with E-state index in [1.165, 1.54) is 43.2 Å². The lowest BCUT2D eigenvalue weighted by atomic mass is 9.95. The number of carbonyl (C=O) groups is 1. The quantitative estimate of drug-likeness (QED) is 0.252. The average Bonchev–Trinajstić information content (AvgIpc) is 2.83. The van der Waals surface area contributed by atoms with Crippen LogP contribution in [0.5, 0.6) is 0 Å². The molecule has 0 saturated heterocycles. The number of amides is 1. The van der Waals surface area contributed by atoms with Gasteiger partial charge in [-0.3, -0.25) is 14.2 Å². The van der Waals surface area contributed by atoms with Crippen LogP contribution in [0.4, 0.5) is 4.39 Å². The summed E-state index contributed by atoms with van der Waals surface area (Å²) in [7, 11) is 0. The minimum absolute atomic E-state index is 0.158. The standard InChI is InChI=1S/C26H30FN3O2S/c27-19-14-16-21(17-15-19)30-25(32)22-11-6-7-12-23(22)29-26(30)33-18-8-2-5-13-24(31)28-20-9-3-1-4-10-20/h6-7,11-12,14-17,20H,1-5,8-10,13,18H2,(H,28,31). The molecule has 174 valence electrons. The molecule has 0 aliphatic heterocycles. The van der Waals surface area contributed by atoms with Crippen LogP contribution in [0.2, 0.25) is 0 Å². The molecule has 0 bridgehead atoms. The lowest BCUT2D eigenvalue weighted by molar-refractivity contribution is -0.122. The van der Waals surface area contributed by atoms with Crippen molar-refractivity contribution in [2.75, 3.05) is 5.75 Å². The van der Waals surface area contributed by atoms with Gasteiger partial charge in [-0.2, -0.15) is 0 Å². The molecule has 1 aliphatic carbocycles. The normalized spacial score (nSPS) is 14.5. The summed E-state index contributed by atoms with van der Waals surface area (Å²) in [6, 6.07) is 13.5. The molecule has 1 aliphatic rings. The lowest BCUT2D eigenvalue weighted by Crippen LogP contribution is -2.35. The summed E-state index contributed by atoms with van der Waals surface area (Å²) in [5.41, 5.74) is 1.10. The van der Waals surface area contributed by atoms with Crippen molar-refractivity contribution in [3.63, 3.8) is 0 Å². The number of fused-ring (bicyclic) bond motifs is 1. The molecular weight excluding hydrogens is 437 g/mol. The lowest BCUT2D eigenvalue weighted by Gasteiger charge is -2.22. The zero-order valence-corrected chi connectivity index (χ0v) is 19.6. The minimum Gasteiger partial charge on any atom is -0.353 e. The highest BCUT2D eigenvalue weighted by atomic mass is 32.2. The van der Waals surface area contributed by atoms with Crippen molar-refractivity contribution in [2.24, 2.45) is 0 Å². The van der Waals surface area contributed by atoms with Crippen LogP contribution in [0.25, 0.3) is 16.6 Å². The number of nitrogens with zero attached hydrogens (tertiary/aromatic N) is 2. The van der Waals surface area contributed by atoms with Crippen LogP contribution in [-0.4, -0.2) is 27.3 Å². The first-order chi connectivity index (χ1) is 16.1. The third kappa shape index (κ3) is 6.22. The maximum atomic E-state index is 13.4. The molecule has 0 spiro atoms. The molecule has 2 aromatic carbocycles. The summed E-state index contributed by atoms with van der Waals surface area (Å²) in [5.74, 6) is 0.606. The first-order valence-corrected chi connectivity index (χ1v) is 12.8. The molecule has 1 heterocycles. The number of rotatable bonds is 9. The summed E-state index contributed by atoms with van der Waals surface area (Å²) in [6.45, 7) is 0.